The van der Waals surface area contributed by atoms with Gasteiger partial charge in [-0.15, -0.1) is 0 Å². The van der Waals surface area contributed by atoms with Crippen LogP contribution in [-0.4, -0.2) is 25.4 Å². The highest BCUT2D eigenvalue weighted by molar-refractivity contribution is 5.74. The summed E-state index contributed by atoms with van der Waals surface area (Å²) in [5.41, 5.74) is 0.868. The summed E-state index contributed by atoms with van der Waals surface area (Å²) in [5, 5.41) is 5.46. The molecule has 18 heavy (non-hydrogen) atoms. The van der Waals surface area contributed by atoms with Crippen LogP contribution in [0.15, 0.2) is 24.3 Å². The molecule has 0 aliphatic carbocycles. The van der Waals surface area contributed by atoms with E-state index in [2.05, 4.69) is 10.6 Å². The first-order chi connectivity index (χ1) is 8.74. The number of carbonyl (C=O) groups excluding carboxylic acids is 1. The number of hydrogen-bond donors (Lipinski definition) is 2. The van der Waals surface area contributed by atoms with E-state index < -0.39 is 0 Å². The summed E-state index contributed by atoms with van der Waals surface area (Å²) in [6.45, 7) is 1.18. The first-order valence-electron chi connectivity index (χ1n) is 6.14. The number of ether oxygens (including phenoxy) is 1. The third-order valence-electron chi connectivity index (χ3n) is 2.81. The molecule has 5 heteroatoms. The van der Waals surface area contributed by atoms with Gasteiger partial charge in [-0.1, -0.05) is 12.1 Å². The summed E-state index contributed by atoms with van der Waals surface area (Å²) in [4.78, 5) is 11.5. The van der Waals surface area contributed by atoms with Crippen LogP contribution in [-0.2, 0) is 11.2 Å². The Labute approximate surface area is 106 Å². The maximum absolute atomic E-state index is 12.9. The number of urea groups is 1. The van der Waals surface area contributed by atoms with Gasteiger partial charge in [-0.05, 0) is 37.0 Å². The number of rotatable bonds is 4. The fraction of sp³-hybridized carbons (Fsp3) is 0.462. The molecule has 0 saturated carbocycles. The van der Waals surface area contributed by atoms with E-state index in [0.29, 0.717) is 19.6 Å². The van der Waals surface area contributed by atoms with Crippen LogP contribution in [0.5, 0.6) is 0 Å². The lowest BCUT2D eigenvalue weighted by atomic mass is 10.1. The van der Waals surface area contributed by atoms with Crippen LogP contribution in [0.1, 0.15) is 18.4 Å². The van der Waals surface area contributed by atoms with Gasteiger partial charge >= 0.3 is 6.03 Å². The highest BCUT2D eigenvalue weighted by Crippen LogP contribution is 2.08. The molecule has 2 amide bonds. The van der Waals surface area contributed by atoms with Gasteiger partial charge in [0.25, 0.3) is 0 Å². The van der Waals surface area contributed by atoms with E-state index in [0.717, 1.165) is 18.4 Å². The molecule has 1 aromatic rings. The van der Waals surface area contributed by atoms with E-state index in [1.807, 2.05) is 6.07 Å². The van der Waals surface area contributed by atoms with E-state index in [4.69, 9.17) is 4.74 Å². The van der Waals surface area contributed by atoms with E-state index in [-0.39, 0.29) is 18.1 Å². The minimum Gasteiger partial charge on any atom is -0.358 e. The third kappa shape index (κ3) is 4.00. The predicted octanol–water partition coefficient (Wildman–Crippen LogP) is 1.80. The van der Waals surface area contributed by atoms with Crippen molar-refractivity contribution in [1.82, 2.24) is 10.6 Å². The lowest BCUT2D eigenvalue weighted by Gasteiger charge is -2.12. The fourth-order valence-corrected chi connectivity index (χ4v) is 1.90. The Balaban J connectivity index is 1.66. The monoisotopic (exact) mass is 252 g/mol. The second-order valence-corrected chi connectivity index (χ2v) is 4.28. The molecule has 1 heterocycles. The molecule has 0 spiro atoms. The first kappa shape index (κ1) is 12.8. The summed E-state index contributed by atoms with van der Waals surface area (Å²) in [6.07, 6.45) is 2.28. The molecular weight excluding hydrogens is 235 g/mol. The quantitative estimate of drug-likeness (QED) is 0.858. The van der Waals surface area contributed by atoms with Crippen LogP contribution < -0.4 is 10.6 Å². The van der Waals surface area contributed by atoms with Crippen molar-refractivity contribution < 1.29 is 13.9 Å². The predicted molar refractivity (Wildman–Crippen MR) is 65.6 cm³/mol. The van der Waals surface area contributed by atoms with Crippen LogP contribution in [0.2, 0.25) is 0 Å². The Morgan fingerprint density at radius 3 is 3.11 bits per heavy atom. The van der Waals surface area contributed by atoms with Gasteiger partial charge in [0.2, 0.25) is 0 Å². The molecule has 2 N–H and O–H groups in total. The molecule has 1 saturated heterocycles. The van der Waals surface area contributed by atoms with Crippen molar-refractivity contribution in [2.45, 2.75) is 25.5 Å². The molecule has 1 aromatic carbocycles. The Morgan fingerprint density at radius 2 is 2.39 bits per heavy atom. The van der Waals surface area contributed by atoms with Crippen LogP contribution in [0, 0.1) is 5.82 Å². The molecule has 0 bridgehead atoms. The third-order valence-corrected chi connectivity index (χ3v) is 2.81. The minimum atomic E-state index is -0.253. The SMILES string of the molecule is O=C(NCCc1cccc(F)c1)NC1CCCO1. The van der Waals surface area contributed by atoms with E-state index >= 15 is 0 Å². The zero-order valence-corrected chi connectivity index (χ0v) is 10.1. The summed E-state index contributed by atoms with van der Waals surface area (Å²) in [7, 11) is 0. The molecular formula is C13H17FN2O2. The Kier molecular flexibility index (Phi) is 4.52. The van der Waals surface area contributed by atoms with Gasteiger partial charge in [-0.25, -0.2) is 9.18 Å². The number of carbonyl (C=O) groups is 1. The van der Waals surface area contributed by atoms with E-state index in [9.17, 15) is 9.18 Å². The number of benzene rings is 1. The maximum atomic E-state index is 12.9. The normalized spacial score (nSPS) is 18.6. The van der Waals surface area contributed by atoms with Crippen molar-refractivity contribution in [2.24, 2.45) is 0 Å². The van der Waals surface area contributed by atoms with Gasteiger partial charge in [0.15, 0.2) is 0 Å². The lowest BCUT2D eigenvalue weighted by Crippen LogP contribution is -2.42. The first-order valence-corrected chi connectivity index (χ1v) is 6.14. The maximum Gasteiger partial charge on any atom is 0.316 e. The molecule has 1 unspecified atom stereocenters. The average Bonchev–Trinajstić information content (AvgIpc) is 2.82. The molecule has 1 aliphatic heterocycles. The molecule has 1 fully saturated rings. The largest absolute Gasteiger partial charge is 0.358 e. The summed E-state index contributed by atoms with van der Waals surface area (Å²) < 4.78 is 18.2. The van der Waals surface area contributed by atoms with Crippen molar-refractivity contribution in [2.75, 3.05) is 13.2 Å². The smallest absolute Gasteiger partial charge is 0.316 e. The van der Waals surface area contributed by atoms with Gasteiger partial charge in [0.1, 0.15) is 12.0 Å². The topological polar surface area (TPSA) is 50.4 Å². The molecule has 98 valence electrons. The zero-order valence-electron chi connectivity index (χ0n) is 10.1. The van der Waals surface area contributed by atoms with Crippen molar-refractivity contribution in [3.05, 3.63) is 35.6 Å². The zero-order chi connectivity index (χ0) is 12.8. The van der Waals surface area contributed by atoms with Gasteiger partial charge in [0.05, 0.1) is 0 Å². The molecule has 4 nitrogen and oxygen atoms in total. The lowest BCUT2D eigenvalue weighted by molar-refractivity contribution is 0.0908. The molecule has 1 atom stereocenters. The highest BCUT2D eigenvalue weighted by Gasteiger charge is 2.16. The van der Waals surface area contributed by atoms with Gasteiger partial charge in [-0.3, -0.25) is 0 Å². The average molecular weight is 252 g/mol. The summed E-state index contributed by atoms with van der Waals surface area (Å²) in [5.74, 6) is -0.253. The van der Waals surface area contributed by atoms with Gasteiger partial charge < -0.3 is 15.4 Å². The van der Waals surface area contributed by atoms with Gasteiger partial charge in [0, 0.05) is 13.2 Å². The molecule has 1 aliphatic rings. The highest BCUT2D eigenvalue weighted by atomic mass is 19.1. The van der Waals surface area contributed by atoms with Crippen molar-refractivity contribution >= 4 is 6.03 Å². The molecule has 2 rings (SSSR count). The number of halogens is 1. The standard InChI is InChI=1S/C13H17FN2O2/c14-11-4-1-3-10(9-11)6-7-15-13(17)16-12-5-2-8-18-12/h1,3-4,9,12H,2,5-8H2,(H2,15,16,17). The van der Waals surface area contributed by atoms with Crippen LogP contribution >= 0.6 is 0 Å². The number of nitrogens with one attached hydrogen (secondary N) is 2. The Morgan fingerprint density at radius 1 is 1.50 bits per heavy atom. The number of hydrogen-bond acceptors (Lipinski definition) is 2. The van der Waals surface area contributed by atoms with E-state index in [1.165, 1.54) is 12.1 Å². The Bertz CT molecular complexity index is 406. The van der Waals surface area contributed by atoms with Crippen molar-refractivity contribution in [3.8, 4) is 0 Å². The van der Waals surface area contributed by atoms with Crippen LogP contribution in [0.4, 0.5) is 9.18 Å². The fourth-order valence-electron chi connectivity index (χ4n) is 1.90. The Hall–Kier alpha value is -1.62. The minimum absolute atomic E-state index is 0.167. The van der Waals surface area contributed by atoms with Gasteiger partial charge in [-0.2, -0.15) is 0 Å². The van der Waals surface area contributed by atoms with E-state index in [1.54, 1.807) is 6.07 Å². The van der Waals surface area contributed by atoms with Crippen LogP contribution in [0.25, 0.3) is 0 Å². The summed E-state index contributed by atoms with van der Waals surface area (Å²) >= 11 is 0. The second kappa shape index (κ2) is 6.35. The second-order valence-electron chi connectivity index (χ2n) is 4.28. The summed E-state index contributed by atoms with van der Waals surface area (Å²) in [6, 6.07) is 6.14. The van der Waals surface area contributed by atoms with Crippen molar-refractivity contribution in [3.63, 3.8) is 0 Å². The van der Waals surface area contributed by atoms with Crippen LogP contribution in [0.3, 0.4) is 0 Å². The molecule has 0 aromatic heterocycles. The molecule has 0 radical (unpaired) electrons. The van der Waals surface area contributed by atoms with Crippen molar-refractivity contribution in [1.29, 1.82) is 0 Å². The number of amides is 2.